The largest absolute Gasteiger partial charge is 0.463 e. The molecule has 0 N–H and O–H groups in total. The van der Waals surface area contributed by atoms with Gasteiger partial charge in [0.15, 0.2) is 11.5 Å². The summed E-state index contributed by atoms with van der Waals surface area (Å²) in [6.07, 6.45) is 0.835. The highest BCUT2D eigenvalue weighted by atomic mass is 35.5. The summed E-state index contributed by atoms with van der Waals surface area (Å²) in [5.41, 5.74) is 0. The van der Waals surface area contributed by atoms with Crippen LogP contribution in [0.4, 0.5) is 0 Å². The second-order valence-electron chi connectivity index (χ2n) is 4.14. The average molecular weight is 310 g/mol. The van der Waals surface area contributed by atoms with Crippen molar-refractivity contribution in [3.8, 4) is 29.3 Å². The Morgan fingerprint density at radius 1 is 1.14 bits per heavy atom. The van der Waals surface area contributed by atoms with Crippen LogP contribution < -0.4 is 18.9 Å². The molecule has 0 aliphatic carbocycles. The molecule has 21 heavy (non-hydrogen) atoms. The molecule has 0 saturated carbocycles. The summed E-state index contributed by atoms with van der Waals surface area (Å²) in [7, 11) is 0. The fourth-order valence-corrected chi connectivity index (χ4v) is 1.81. The fourth-order valence-electron chi connectivity index (χ4n) is 1.66. The molecule has 2 heterocycles. The molecule has 0 amide bonds. The van der Waals surface area contributed by atoms with Crippen LogP contribution in [0.2, 0.25) is 5.28 Å². The van der Waals surface area contributed by atoms with Gasteiger partial charge in [-0.05, 0) is 30.2 Å². The highest BCUT2D eigenvalue weighted by Crippen LogP contribution is 2.36. The number of benzene rings is 1. The van der Waals surface area contributed by atoms with Gasteiger partial charge in [0, 0.05) is 6.07 Å². The van der Waals surface area contributed by atoms with E-state index in [1.54, 1.807) is 18.2 Å². The minimum atomic E-state index is 0.00634. The molecule has 0 saturated heterocycles. The predicted molar refractivity (Wildman–Crippen MR) is 73.3 cm³/mol. The number of halogens is 1. The SMILES string of the molecule is CCCOc1nc(Cl)nc(Oc2ccc3c(c2)OCO3)n1. The van der Waals surface area contributed by atoms with Gasteiger partial charge in [0.25, 0.3) is 0 Å². The minimum Gasteiger partial charge on any atom is -0.463 e. The molecule has 7 nitrogen and oxygen atoms in total. The van der Waals surface area contributed by atoms with Crippen molar-refractivity contribution in [2.45, 2.75) is 13.3 Å². The minimum absolute atomic E-state index is 0.00634. The molecule has 1 aromatic heterocycles. The second-order valence-corrected chi connectivity index (χ2v) is 4.47. The first kappa shape index (κ1) is 13.7. The van der Waals surface area contributed by atoms with Gasteiger partial charge in [0.1, 0.15) is 5.75 Å². The van der Waals surface area contributed by atoms with Crippen molar-refractivity contribution >= 4 is 11.6 Å². The van der Waals surface area contributed by atoms with Crippen molar-refractivity contribution in [2.75, 3.05) is 13.4 Å². The molecule has 0 unspecified atom stereocenters. The summed E-state index contributed by atoms with van der Waals surface area (Å²) >= 11 is 5.82. The third-order valence-corrected chi connectivity index (χ3v) is 2.72. The second kappa shape index (κ2) is 6.01. The Labute approximate surface area is 125 Å². The van der Waals surface area contributed by atoms with Crippen molar-refractivity contribution in [3.05, 3.63) is 23.5 Å². The van der Waals surface area contributed by atoms with E-state index in [0.29, 0.717) is 23.9 Å². The molecular formula is C13H12ClN3O4. The van der Waals surface area contributed by atoms with E-state index in [9.17, 15) is 0 Å². The van der Waals surface area contributed by atoms with Crippen molar-refractivity contribution in [2.24, 2.45) is 0 Å². The molecule has 1 aliphatic heterocycles. The van der Waals surface area contributed by atoms with Crippen molar-refractivity contribution < 1.29 is 18.9 Å². The normalized spacial score (nSPS) is 12.3. The van der Waals surface area contributed by atoms with Crippen LogP contribution in [0.25, 0.3) is 0 Å². The number of rotatable bonds is 5. The molecule has 0 fully saturated rings. The number of hydrogen-bond acceptors (Lipinski definition) is 7. The molecule has 8 heteroatoms. The topological polar surface area (TPSA) is 75.6 Å². The summed E-state index contributed by atoms with van der Waals surface area (Å²) in [6, 6.07) is 5.34. The van der Waals surface area contributed by atoms with Gasteiger partial charge in [0.05, 0.1) is 6.61 Å². The van der Waals surface area contributed by atoms with E-state index in [1.165, 1.54) is 0 Å². The molecular weight excluding hydrogens is 298 g/mol. The zero-order valence-corrected chi connectivity index (χ0v) is 12.0. The Morgan fingerprint density at radius 2 is 1.95 bits per heavy atom. The Balaban J connectivity index is 1.79. The van der Waals surface area contributed by atoms with Crippen molar-refractivity contribution in [3.63, 3.8) is 0 Å². The van der Waals surface area contributed by atoms with E-state index >= 15 is 0 Å². The van der Waals surface area contributed by atoms with Crippen LogP contribution in [0.1, 0.15) is 13.3 Å². The summed E-state index contributed by atoms with van der Waals surface area (Å²) in [5, 5.41) is 0.00634. The molecule has 0 spiro atoms. The quantitative estimate of drug-likeness (QED) is 0.840. The van der Waals surface area contributed by atoms with Gasteiger partial charge in [-0.3, -0.25) is 0 Å². The van der Waals surface area contributed by atoms with Crippen LogP contribution in [-0.2, 0) is 0 Å². The molecule has 0 radical (unpaired) electrons. The highest BCUT2D eigenvalue weighted by Gasteiger charge is 2.15. The lowest BCUT2D eigenvalue weighted by Crippen LogP contribution is -2.03. The number of hydrogen-bond donors (Lipinski definition) is 0. The summed E-state index contributed by atoms with van der Waals surface area (Å²) in [4.78, 5) is 11.8. The lowest BCUT2D eigenvalue weighted by atomic mass is 10.3. The lowest BCUT2D eigenvalue weighted by Gasteiger charge is -2.07. The monoisotopic (exact) mass is 309 g/mol. The van der Waals surface area contributed by atoms with Gasteiger partial charge < -0.3 is 18.9 Å². The third kappa shape index (κ3) is 3.25. The average Bonchev–Trinajstić information content (AvgIpc) is 2.92. The number of fused-ring (bicyclic) bond motifs is 1. The molecule has 0 atom stereocenters. The Hall–Kier alpha value is -2.28. The van der Waals surface area contributed by atoms with Crippen LogP contribution in [0, 0.1) is 0 Å². The van der Waals surface area contributed by atoms with Gasteiger partial charge in [0.2, 0.25) is 12.1 Å². The van der Waals surface area contributed by atoms with E-state index in [0.717, 1.165) is 6.42 Å². The standard InChI is InChI=1S/C13H12ClN3O4/c1-2-5-18-12-15-11(14)16-13(17-12)21-8-3-4-9-10(6-8)20-7-19-9/h3-4,6H,2,5,7H2,1H3. The van der Waals surface area contributed by atoms with E-state index in [4.69, 9.17) is 30.5 Å². The molecule has 3 rings (SSSR count). The number of nitrogens with zero attached hydrogens (tertiary/aromatic N) is 3. The van der Waals surface area contributed by atoms with Crippen molar-refractivity contribution in [1.82, 2.24) is 15.0 Å². The first-order chi connectivity index (χ1) is 10.2. The van der Waals surface area contributed by atoms with E-state index < -0.39 is 0 Å². The zero-order valence-electron chi connectivity index (χ0n) is 11.2. The Kier molecular flexibility index (Phi) is 3.92. The van der Waals surface area contributed by atoms with Gasteiger partial charge in [-0.2, -0.15) is 9.97 Å². The van der Waals surface area contributed by atoms with E-state index in [2.05, 4.69) is 15.0 Å². The maximum absolute atomic E-state index is 5.82. The smallest absolute Gasteiger partial charge is 0.329 e. The van der Waals surface area contributed by atoms with Gasteiger partial charge >= 0.3 is 12.0 Å². The third-order valence-electron chi connectivity index (χ3n) is 2.56. The van der Waals surface area contributed by atoms with Gasteiger partial charge in [-0.25, -0.2) is 0 Å². The van der Waals surface area contributed by atoms with Crippen LogP contribution in [-0.4, -0.2) is 28.4 Å². The number of aromatic nitrogens is 3. The predicted octanol–water partition coefficient (Wildman–Crippen LogP) is 2.83. The van der Waals surface area contributed by atoms with Crippen LogP contribution in [0.15, 0.2) is 18.2 Å². The van der Waals surface area contributed by atoms with E-state index in [-0.39, 0.29) is 24.1 Å². The first-order valence-corrected chi connectivity index (χ1v) is 6.74. The Bertz CT molecular complexity index is 653. The molecule has 0 bridgehead atoms. The molecule has 110 valence electrons. The molecule has 2 aromatic rings. The first-order valence-electron chi connectivity index (χ1n) is 6.36. The van der Waals surface area contributed by atoms with Crippen LogP contribution >= 0.6 is 11.6 Å². The van der Waals surface area contributed by atoms with E-state index in [1.807, 2.05) is 6.92 Å². The van der Waals surface area contributed by atoms with Gasteiger partial charge in [-0.1, -0.05) is 6.92 Å². The maximum atomic E-state index is 5.82. The number of ether oxygens (including phenoxy) is 4. The maximum Gasteiger partial charge on any atom is 0.329 e. The summed E-state index contributed by atoms with van der Waals surface area (Å²) < 4.78 is 21.4. The van der Waals surface area contributed by atoms with Crippen LogP contribution in [0.3, 0.4) is 0 Å². The highest BCUT2D eigenvalue weighted by molar-refractivity contribution is 6.28. The summed E-state index contributed by atoms with van der Waals surface area (Å²) in [6.45, 7) is 2.67. The Morgan fingerprint density at radius 3 is 2.81 bits per heavy atom. The zero-order chi connectivity index (χ0) is 14.7. The van der Waals surface area contributed by atoms with Gasteiger partial charge in [-0.15, -0.1) is 4.98 Å². The van der Waals surface area contributed by atoms with Crippen LogP contribution in [0.5, 0.6) is 29.3 Å². The summed E-state index contributed by atoms with van der Waals surface area (Å²) in [5.74, 6) is 1.78. The lowest BCUT2D eigenvalue weighted by molar-refractivity contribution is 0.174. The van der Waals surface area contributed by atoms with Crippen molar-refractivity contribution in [1.29, 1.82) is 0 Å². The fraction of sp³-hybridized carbons (Fsp3) is 0.308. The molecule has 1 aromatic carbocycles. The molecule has 1 aliphatic rings.